The minimum atomic E-state index is -1.03. The third-order valence-corrected chi connectivity index (χ3v) is 4.77. The van der Waals surface area contributed by atoms with Crippen LogP contribution in [0.25, 0.3) is 0 Å². The van der Waals surface area contributed by atoms with E-state index in [2.05, 4.69) is 33.7 Å². The third kappa shape index (κ3) is 4.68. The maximum absolute atomic E-state index is 12.8. The fourth-order valence-corrected chi connectivity index (χ4v) is 3.15. The van der Waals surface area contributed by atoms with Gasteiger partial charge in [-0.05, 0) is 19.2 Å². The second-order valence-corrected chi connectivity index (χ2v) is 7.47. The summed E-state index contributed by atoms with van der Waals surface area (Å²) in [6, 6.07) is 3.20. The lowest BCUT2D eigenvalue weighted by Gasteiger charge is -2.33. The zero-order chi connectivity index (χ0) is 21.7. The van der Waals surface area contributed by atoms with Crippen molar-refractivity contribution in [2.24, 2.45) is 0 Å². The van der Waals surface area contributed by atoms with E-state index in [1.54, 1.807) is 17.0 Å². The van der Waals surface area contributed by atoms with Crippen molar-refractivity contribution in [3.05, 3.63) is 47.1 Å². The topological polar surface area (TPSA) is 91.8 Å². The van der Waals surface area contributed by atoms with Crippen LogP contribution in [0.1, 0.15) is 42.7 Å². The zero-order valence-corrected chi connectivity index (χ0v) is 18.0. The average Bonchev–Trinajstić information content (AvgIpc) is 3.02. The summed E-state index contributed by atoms with van der Waals surface area (Å²) in [5.74, 6) is -0.121. The number of carbonyl (C=O) groups is 2. The highest BCUT2D eigenvalue weighted by atomic mass is 35.5. The summed E-state index contributed by atoms with van der Waals surface area (Å²) >= 11 is 5.89. The predicted octanol–water partition coefficient (Wildman–Crippen LogP) is 2.98. The van der Waals surface area contributed by atoms with Gasteiger partial charge in [-0.1, -0.05) is 31.9 Å². The number of piperazine rings is 1. The number of anilines is 1. The average molecular weight is 433 g/mol. The van der Waals surface area contributed by atoms with Gasteiger partial charge >= 0.3 is 6.09 Å². The Hall–Kier alpha value is -2.78. The number of hydrogen-bond donors (Lipinski definition) is 0. The van der Waals surface area contributed by atoms with Gasteiger partial charge in [0, 0.05) is 44.8 Å². The van der Waals surface area contributed by atoms with E-state index >= 15 is 0 Å². The first-order chi connectivity index (χ1) is 14.5. The van der Waals surface area contributed by atoms with E-state index < -0.39 is 18.2 Å². The van der Waals surface area contributed by atoms with Crippen LogP contribution in [0.5, 0.6) is 0 Å². The molecule has 4 heterocycles. The highest BCUT2D eigenvalue weighted by Gasteiger charge is 2.44. The molecule has 2 aliphatic heterocycles. The van der Waals surface area contributed by atoms with Crippen LogP contribution in [-0.2, 0) is 4.74 Å². The molecule has 0 aromatic carbocycles. The number of halogens is 1. The second kappa shape index (κ2) is 9.82. The number of amides is 2. The van der Waals surface area contributed by atoms with Gasteiger partial charge in [-0.3, -0.25) is 9.78 Å². The monoisotopic (exact) mass is 432 g/mol. The lowest BCUT2D eigenvalue weighted by molar-refractivity contribution is 0.0476. The smallest absolute Gasteiger partial charge is 0.412 e. The molecular formula is C20H25ClN6O3. The van der Waals surface area contributed by atoms with Crippen molar-refractivity contribution in [2.75, 3.05) is 38.1 Å². The normalized spacial score (nSPS) is 18.5. The summed E-state index contributed by atoms with van der Waals surface area (Å²) < 4.78 is 5.68. The second-order valence-electron chi connectivity index (χ2n) is 7.03. The van der Waals surface area contributed by atoms with Crippen LogP contribution in [0.4, 0.5) is 10.6 Å². The van der Waals surface area contributed by atoms with E-state index in [0.717, 1.165) is 13.1 Å². The van der Waals surface area contributed by atoms with Crippen molar-refractivity contribution >= 4 is 29.4 Å². The Morgan fingerprint density at radius 2 is 1.80 bits per heavy atom. The van der Waals surface area contributed by atoms with Gasteiger partial charge in [-0.25, -0.2) is 19.7 Å². The van der Waals surface area contributed by atoms with E-state index in [-0.39, 0.29) is 5.69 Å². The van der Waals surface area contributed by atoms with Crippen LogP contribution < -0.4 is 4.90 Å². The van der Waals surface area contributed by atoms with Gasteiger partial charge in [0.15, 0.2) is 5.69 Å². The number of carbonyl (C=O) groups excluding carboxylic acids is 2. The molecule has 30 heavy (non-hydrogen) atoms. The summed E-state index contributed by atoms with van der Waals surface area (Å²) in [5.41, 5.74) is 0.437. The quantitative estimate of drug-likeness (QED) is 0.720. The molecular weight excluding hydrogens is 408 g/mol. The van der Waals surface area contributed by atoms with Crippen molar-refractivity contribution in [3.63, 3.8) is 0 Å². The largest absolute Gasteiger partial charge is 0.419 e. The molecule has 0 spiro atoms. The van der Waals surface area contributed by atoms with E-state index in [0.29, 0.717) is 29.6 Å². The van der Waals surface area contributed by atoms with Gasteiger partial charge in [-0.15, -0.1) is 0 Å². The number of aromatic nitrogens is 3. The van der Waals surface area contributed by atoms with Crippen LogP contribution in [0.15, 0.2) is 30.7 Å². The van der Waals surface area contributed by atoms with Crippen molar-refractivity contribution in [3.8, 4) is 0 Å². The fraction of sp³-hybridized carbons (Fsp3) is 0.450. The Bertz CT molecular complexity index is 886. The zero-order valence-electron chi connectivity index (χ0n) is 17.3. The van der Waals surface area contributed by atoms with Crippen LogP contribution in [0, 0.1) is 0 Å². The molecule has 1 saturated heterocycles. The molecule has 2 aromatic rings. The highest BCUT2D eigenvalue weighted by molar-refractivity contribution is 6.30. The van der Waals surface area contributed by atoms with E-state index in [1.165, 1.54) is 29.9 Å². The Labute approximate surface area is 180 Å². The fourth-order valence-electron chi connectivity index (χ4n) is 3.04. The van der Waals surface area contributed by atoms with E-state index in [1.807, 2.05) is 7.05 Å². The molecule has 4 rings (SSSR count). The Kier molecular flexibility index (Phi) is 7.17. The van der Waals surface area contributed by atoms with Crippen molar-refractivity contribution in [2.45, 2.75) is 26.5 Å². The number of likely N-dealkylation sites (N-methyl/N-ethyl adjacent to an activating group) is 1. The molecule has 10 heteroatoms. The minimum Gasteiger partial charge on any atom is -0.419 e. The molecule has 0 N–H and O–H groups in total. The predicted molar refractivity (Wildman–Crippen MR) is 112 cm³/mol. The Balaban J connectivity index is 0.000000806. The third-order valence-electron chi connectivity index (χ3n) is 4.55. The maximum Gasteiger partial charge on any atom is 0.412 e. The number of nitrogens with zero attached hydrogens (tertiary/aromatic N) is 6. The molecule has 1 atom stereocenters. The van der Waals surface area contributed by atoms with Gasteiger partial charge in [0.25, 0.3) is 5.91 Å². The molecule has 0 radical (unpaired) electrons. The Morgan fingerprint density at radius 1 is 1.13 bits per heavy atom. The van der Waals surface area contributed by atoms with Crippen molar-refractivity contribution < 1.29 is 14.3 Å². The van der Waals surface area contributed by atoms with Crippen molar-refractivity contribution in [1.29, 1.82) is 0 Å². The molecule has 2 amide bonds. The molecule has 9 nitrogen and oxygen atoms in total. The number of rotatable bonds is 2. The first-order valence-electron chi connectivity index (χ1n) is 9.86. The van der Waals surface area contributed by atoms with Crippen molar-refractivity contribution in [1.82, 2.24) is 24.8 Å². The summed E-state index contributed by atoms with van der Waals surface area (Å²) in [4.78, 5) is 43.0. The van der Waals surface area contributed by atoms with Crippen LogP contribution >= 0.6 is 11.6 Å². The molecule has 1 unspecified atom stereocenters. The van der Waals surface area contributed by atoms with Crippen LogP contribution in [0.2, 0.25) is 5.02 Å². The number of fused-ring (bicyclic) bond motifs is 1. The highest BCUT2D eigenvalue weighted by Crippen LogP contribution is 2.35. The lowest BCUT2D eigenvalue weighted by atomic mass is 10.3. The molecule has 1 fully saturated rings. The number of hydrogen-bond acceptors (Lipinski definition) is 7. The van der Waals surface area contributed by atoms with Crippen LogP contribution in [-0.4, -0.2) is 70.0 Å². The lowest BCUT2D eigenvalue weighted by Crippen LogP contribution is -2.48. The Morgan fingerprint density at radius 3 is 2.43 bits per heavy atom. The number of pyridine rings is 1. The summed E-state index contributed by atoms with van der Waals surface area (Å²) in [6.07, 6.45) is 4.03. The molecule has 160 valence electrons. The number of ether oxygens (including phenoxy) is 1. The first kappa shape index (κ1) is 21.9. The molecule has 2 aromatic heterocycles. The maximum atomic E-state index is 12.8. The molecule has 0 bridgehead atoms. The van der Waals surface area contributed by atoms with E-state index in [9.17, 15) is 9.59 Å². The van der Waals surface area contributed by atoms with Gasteiger partial charge in [0.1, 0.15) is 11.5 Å². The van der Waals surface area contributed by atoms with E-state index in [4.69, 9.17) is 16.3 Å². The minimum absolute atomic E-state index is 0.144. The molecule has 0 saturated carbocycles. The van der Waals surface area contributed by atoms with Gasteiger partial charge in [0.05, 0.1) is 5.02 Å². The van der Waals surface area contributed by atoms with Gasteiger partial charge < -0.3 is 14.5 Å². The summed E-state index contributed by atoms with van der Waals surface area (Å²) in [5, 5.41) is 0.435. The SMILES string of the molecule is CCC.CN1CCN(C(=O)OC2c3nccnc3C(=O)N2c2ccc(Cl)cn2)CC1. The summed E-state index contributed by atoms with van der Waals surface area (Å²) in [6.45, 7) is 6.89. The van der Waals surface area contributed by atoms with Gasteiger partial charge in [0.2, 0.25) is 6.23 Å². The van der Waals surface area contributed by atoms with Crippen LogP contribution in [0.3, 0.4) is 0 Å². The first-order valence-corrected chi connectivity index (χ1v) is 10.2. The van der Waals surface area contributed by atoms with Gasteiger partial charge in [-0.2, -0.15) is 0 Å². The molecule has 2 aliphatic rings. The summed E-state index contributed by atoms with van der Waals surface area (Å²) in [7, 11) is 2.00. The molecule has 0 aliphatic carbocycles. The standard InChI is InChI=1S/C17H17ClN6O3.C3H8/c1-22-6-8-23(9-7-22)17(26)27-16-14-13(19-4-5-20-14)15(25)24(16)12-3-2-11(18)10-21-12;1-3-2/h2-5,10,16H,6-9H2,1H3;3H2,1-2H3.